The predicted octanol–water partition coefficient (Wildman–Crippen LogP) is 3.33. The number of hydrogen-bond acceptors (Lipinski definition) is 5. The summed E-state index contributed by atoms with van der Waals surface area (Å²) in [7, 11) is 1.80. The standard InChI is InChI=1S/C23H27N5O3/c1-23(2,3)31-22(30)28-13-11-27(12-14-28)21(29)17-7-5-16(6-8-17)18-9-10-19-20(15-18)25-26(4)24-19/h5-10,15H,11-14H2,1-4H3. The van der Waals surface area contributed by atoms with Gasteiger partial charge in [-0.15, -0.1) is 0 Å². The van der Waals surface area contributed by atoms with Crippen LogP contribution in [-0.4, -0.2) is 68.6 Å². The first-order chi connectivity index (χ1) is 14.7. The lowest BCUT2D eigenvalue weighted by Gasteiger charge is -2.35. The normalized spacial score (nSPS) is 14.7. The molecular weight excluding hydrogens is 394 g/mol. The molecule has 1 saturated heterocycles. The van der Waals surface area contributed by atoms with Crippen molar-refractivity contribution in [3.63, 3.8) is 0 Å². The number of piperazine rings is 1. The van der Waals surface area contributed by atoms with Gasteiger partial charge in [0.2, 0.25) is 0 Å². The summed E-state index contributed by atoms with van der Waals surface area (Å²) in [4.78, 5) is 30.1. The molecule has 2 heterocycles. The number of rotatable bonds is 2. The molecule has 2 amide bonds. The third-order valence-corrected chi connectivity index (χ3v) is 5.16. The minimum Gasteiger partial charge on any atom is -0.444 e. The molecule has 0 bridgehead atoms. The maximum absolute atomic E-state index is 12.9. The quantitative estimate of drug-likeness (QED) is 0.634. The van der Waals surface area contributed by atoms with Crippen LogP contribution >= 0.6 is 0 Å². The Labute approximate surface area is 181 Å². The average Bonchev–Trinajstić information content (AvgIpc) is 3.11. The number of fused-ring (bicyclic) bond motifs is 1. The van der Waals surface area contributed by atoms with Crippen LogP contribution in [0, 0.1) is 0 Å². The number of carbonyl (C=O) groups is 2. The fourth-order valence-electron chi connectivity index (χ4n) is 3.61. The summed E-state index contributed by atoms with van der Waals surface area (Å²) >= 11 is 0. The lowest BCUT2D eigenvalue weighted by Crippen LogP contribution is -2.51. The lowest BCUT2D eigenvalue weighted by atomic mass is 10.0. The highest BCUT2D eigenvalue weighted by Gasteiger charge is 2.28. The van der Waals surface area contributed by atoms with Gasteiger partial charge in [0.25, 0.3) is 5.91 Å². The summed E-state index contributed by atoms with van der Waals surface area (Å²) in [5.74, 6) is -0.0280. The Bertz CT molecular complexity index is 1110. The Morgan fingerprint density at radius 1 is 0.839 bits per heavy atom. The monoisotopic (exact) mass is 421 g/mol. The minimum absolute atomic E-state index is 0.0280. The molecule has 0 spiro atoms. The van der Waals surface area contributed by atoms with Gasteiger partial charge >= 0.3 is 6.09 Å². The van der Waals surface area contributed by atoms with Gasteiger partial charge in [0.15, 0.2) is 0 Å². The number of nitrogens with zero attached hydrogens (tertiary/aromatic N) is 5. The number of carbonyl (C=O) groups excluding carboxylic acids is 2. The molecule has 2 aromatic carbocycles. The largest absolute Gasteiger partial charge is 0.444 e. The van der Waals surface area contributed by atoms with Crippen LogP contribution in [0.3, 0.4) is 0 Å². The zero-order valence-corrected chi connectivity index (χ0v) is 18.3. The van der Waals surface area contributed by atoms with Crippen molar-refractivity contribution < 1.29 is 14.3 Å². The summed E-state index contributed by atoms with van der Waals surface area (Å²) in [6.07, 6.45) is -0.330. The van der Waals surface area contributed by atoms with Crippen molar-refractivity contribution in [2.45, 2.75) is 26.4 Å². The molecule has 0 radical (unpaired) electrons. The number of ether oxygens (including phenoxy) is 1. The van der Waals surface area contributed by atoms with Gasteiger partial charge in [-0.1, -0.05) is 18.2 Å². The van der Waals surface area contributed by atoms with Crippen molar-refractivity contribution >= 4 is 23.0 Å². The molecule has 0 saturated carbocycles. The maximum Gasteiger partial charge on any atom is 0.410 e. The Hall–Kier alpha value is -3.42. The first-order valence-corrected chi connectivity index (χ1v) is 10.4. The van der Waals surface area contributed by atoms with Crippen LogP contribution in [0.25, 0.3) is 22.2 Å². The number of hydrogen-bond donors (Lipinski definition) is 0. The summed E-state index contributed by atoms with van der Waals surface area (Å²) in [6, 6.07) is 13.5. The molecule has 8 heteroatoms. The molecular formula is C23H27N5O3. The van der Waals surface area contributed by atoms with Gasteiger partial charge in [-0.3, -0.25) is 4.79 Å². The van der Waals surface area contributed by atoms with E-state index in [4.69, 9.17) is 4.74 Å². The topological polar surface area (TPSA) is 80.6 Å². The third-order valence-electron chi connectivity index (χ3n) is 5.16. The molecule has 0 aliphatic carbocycles. The molecule has 31 heavy (non-hydrogen) atoms. The van der Waals surface area contributed by atoms with Crippen LogP contribution in [0.4, 0.5) is 4.79 Å². The summed E-state index contributed by atoms with van der Waals surface area (Å²) in [6.45, 7) is 7.46. The van der Waals surface area contributed by atoms with Crippen molar-refractivity contribution in [2.24, 2.45) is 7.05 Å². The highest BCUT2D eigenvalue weighted by Crippen LogP contribution is 2.24. The number of aromatic nitrogens is 3. The fourth-order valence-corrected chi connectivity index (χ4v) is 3.61. The Balaban J connectivity index is 1.40. The van der Waals surface area contributed by atoms with Gasteiger partial charge in [-0.05, 0) is 56.2 Å². The van der Waals surface area contributed by atoms with Crippen LogP contribution < -0.4 is 0 Å². The third kappa shape index (κ3) is 4.68. The van der Waals surface area contributed by atoms with E-state index in [1.807, 2.05) is 63.2 Å². The number of benzene rings is 2. The van der Waals surface area contributed by atoms with E-state index in [9.17, 15) is 9.59 Å². The van der Waals surface area contributed by atoms with Crippen LogP contribution in [0.15, 0.2) is 42.5 Å². The predicted molar refractivity (Wildman–Crippen MR) is 118 cm³/mol. The van der Waals surface area contributed by atoms with Gasteiger partial charge < -0.3 is 14.5 Å². The summed E-state index contributed by atoms with van der Waals surface area (Å²) in [5, 5.41) is 8.65. The molecule has 1 fully saturated rings. The van der Waals surface area contributed by atoms with Gasteiger partial charge in [-0.2, -0.15) is 15.0 Å². The molecule has 162 valence electrons. The van der Waals surface area contributed by atoms with Crippen molar-refractivity contribution in [3.05, 3.63) is 48.0 Å². The van der Waals surface area contributed by atoms with Gasteiger partial charge in [0.1, 0.15) is 16.6 Å². The zero-order valence-electron chi connectivity index (χ0n) is 18.3. The molecule has 0 unspecified atom stereocenters. The van der Waals surface area contributed by atoms with E-state index in [-0.39, 0.29) is 12.0 Å². The maximum atomic E-state index is 12.9. The van der Waals surface area contributed by atoms with Crippen molar-refractivity contribution in [3.8, 4) is 11.1 Å². The second-order valence-electron chi connectivity index (χ2n) is 8.73. The Kier molecular flexibility index (Phi) is 5.39. The highest BCUT2D eigenvalue weighted by molar-refractivity contribution is 5.95. The highest BCUT2D eigenvalue weighted by atomic mass is 16.6. The molecule has 0 atom stereocenters. The van der Waals surface area contributed by atoms with E-state index in [2.05, 4.69) is 10.2 Å². The molecule has 8 nitrogen and oxygen atoms in total. The van der Waals surface area contributed by atoms with E-state index in [0.29, 0.717) is 31.7 Å². The van der Waals surface area contributed by atoms with Crippen LogP contribution in [-0.2, 0) is 11.8 Å². The second-order valence-corrected chi connectivity index (χ2v) is 8.73. The average molecular weight is 422 g/mol. The number of amides is 2. The molecule has 3 aromatic rings. The smallest absolute Gasteiger partial charge is 0.410 e. The molecule has 1 aromatic heterocycles. The van der Waals surface area contributed by atoms with Crippen LogP contribution in [0.1, 0.15) is 31.1 Å². The van der Waals surface area contributed by atoms with Crippen LogP contribution in [0.5, 0.6) is 0 Å². The van der Waals surface area contributed by atoms with E-state index >= 15 is 0 Å². The first-order valence-electron chi connectivity index (χ1n) is 10.4. The van der Waals surface area contributed by atoms with Gasteiger partial charge in [0.05, 0.1) is 0 Å². The van der Waals surface area contributed by atoms with Crippen LogP contribution in [0.2, 0.25) is 0 Å². The Morgan fingerprint density at radius 2 is 1.42 bits per heavy atom. The van der Waals surface area contributed by atoms with E-state index in [1.165, 1.54) is 0 Å². The van der Waals surface area contributed by atoms with Gasteiger partial charge in [-0.25, -0.2) is 4.79 Å². The minimum atomic E-state index is -0.524. The molecule has 1 aliphatic rings. The zero-order chi connectivity index (χ0) is 22.2. The SMILES string of the molecule is Cn1nc2ccc(-c3ccc(C(=O)N4CCN(C(=O)OC(C)(C)C)CC4)cc3)cc2n1. The molecule has 0 N–H and O–H groups in total. The van der Waals surface area contributed by atoms with Crippen molar-refractivity contribution in [1.82, 2.24) is 24.8 Å². The van der Waals surface area contributed by atoms with E-state index < -0.39 is 5.60 Å². The number of aryl methyl sites for hydroxylation is 1. The van der Waals surface area contributed by atoms with Gasteiger partial charge in [0, 0.05) is 38.8 Å². The van der Waals surface area contributed by atoms with E-state index in [0.717, 1.165) is 22.2 Å². The van der Waals surface area contributed by atoms with Crippen molar-refractivity contribution in [1.29, 1.82) is 0 Å². The molecule has 1 aliphatic heterocycles. The van der Waals surface area contributed by atoms with Crippen molar-refractivity contribution in [2.75, 3.05) is 26.2 Å². The lowest BCUT2D eigenvalue weighted by molar-refractivity contribution is 0.0141. The Morgan fingerprint density at radius 3 is 2.06 bits per heavy atom. The molecule has 4 rings (SSSR count). The second kappa shape index (κ2) is 8.02. The summed E-state index contributed by atoms with van der Waals surface area (Å²) < 4.78 is 5.41. The fraction of sp³-hybridized carbons (Fsp3) is 0.391. The van der Waals surface area contributed by atoms with E-state index in [1.54, 1.807) is 21.6 Å². The summed E-state index contributed by atoms with van der Waals surface area (Å²) in [5.41, 5.74) is 3.84. The first kappa shape index (κ1) is 20.8.